The second kappa shape index (κ2) is 8.49. The molecule has 0 bridgehead atoms. The molecule has 5 rings (SSSR count). The van der Waals surface area contributed by atoms with Crippen molar-refractivity contribution < 1.29 is 14.7 Å². The Labute approximate surface area is 197 Å². The third kappa shape index (κ3) is 3.62. The maximum absolute atomic E-state index is 13.3. The number of amides is 1. The summed E-state index contributed by atoms with van der Waals surface area (Å²) in [6.07, 6.45) is 7.46. The van der Waals surface area contributed by atoms with E-state index in [1.165, 1.54) is 16.0 Å². The number of aryl methyl sites for hydroxylation is 2. The fraction of sp³-hybridized carbons (Fsp3) is 0.222. The van der Waals surface area contributed by atoms with Crippen molar-refractivity contribution in [1.82, 2.24) is 4.98 Å². The van der Waals surface area contributed by atoms with Crippen molar-refractivity contribution >= 4 is 34.7 Å². The molecular weight excluding hydrogens is 436 g/mol. The van der Waals surface area contributed by atoms with Crippen LogP contribution in [0, 0.1) is 6.92 Å². The van der Waals surface area contributed by atoms with Crippen molar-refractivity contribution in [3.8, 4) is 0 Å². The molecule has 0 spiro atoms. The van der Waals surface area contributed by atoms with Gasteiger partial charge in [-0.3, -0.25) is 19.5 Å². The molecule has 166 valence electrons. The van der Waals surface area contributed by atoms with Crippen LogP contribution in [-0.4, -0.2) is 21.8 Å². The van der Waals surface area contributed by atoms with Crippen molar-refractivity contribution in [2.45, 2.75) is 38.6 Å². The zero-order valence-corrected chi connectivity index (χ0v) is 19.0. The van der Waals surface area contributed by atoms with E-state index in [-0.39, 0.29) is 11.3 Å². The van der Waals surface area contributed by atoms with Crippen molar-refractivity contribution in [2.75, 3.05) is 4.90 Å². The average Bonchev–Trinajstić information content (AvgIpc) is 3.11. The lowest BCUT2D eigenvalue weighted by Gasteiger charge is -2.27. The first-order valence-corrected chi connectivity index (χ1v) is 11.4. The number of fused-ring (bicyclic) bond motifs is 1. The van der Waals surface area contributed by atoms with Crippen LogP contribution < -0.4 is 4.90 Å². The fourth-order valence-corrected chi connectivity index (χ4v) is 5.00. The van der Waals surface area contributed by atoms with Gasteiger partial charge in [0.1, 0.15) is 5.76 Å². The van der Waals surface area contributed by atoms with Crippen molar-refractivity contribution in [3.05, 3.63) is 99.3 Å². The molecule has 1 aliphatic carbocycles. The zero-order valence-electron chi connectivity index (χ0n) is 18.2. The summed E-state index contributed by atoms with van der Waals surface area (Å²) in [5.41, 5.74) is 4.91. The average molecular weight is 459 g/mol. The molecule has 0 saturated carbocycles. The van der Waals surface area contributed by atoms with Crippen LogP contribution in [0.4, 0.5) is 5.69 Å². The van der Waals surface area contributed by atoms with Gasteiger partial charge in [0.25, 0.3) is 11.7 Å². The first-order valence-electron chi connectivity index (χ1n) is 11.1. The highest BCUT2D eigenvalue weighted by atomic mass is 35.5. The number of Topliss-reactive ketones (excluding diaryl/α,β-unsaturated/α-hetero) is 1. The van der Waals surface area contributed by atoms with E-state index in [0.29, 0.717) is 27.4 Å². The van der Waals surface area contributed by atoms with Gasteiger partial charge in [0.2, 0.25) is 0 Å². The van der Waals surface area contributed by atoms with Crippen molar-refractivity contribution in [2.24, 2.45) is 0 Å². The molecular formula is C27H23ClN2O3. The van der Waals surface area contributed by atoms with E-state index in [0.717, 1.165) is 25.7 Å². The van der Waals surface area contributed by atoms with Crippen LogP contribution in [0.2, 0.25) is 5.02 Å². The summed E-state index contributed by atoms with van der Waals surface area (Å²) in [7, 11) is 0. The normalized spacial score (nSPS) is 19.6. The van der Waals surface area contributed by atoms with Crippen LogP contribution in [-0.2, 0) is 22.4 Å². The number of nitrogens with zero attached hydrogens (tertiary/aromatic N) is 2. The Hall–Kier alpha value is -3.44. The van der Waals surface area contributed by atoms with Crippen LogP contribution >= 0.6 is 11.6 Å². The smallest absolute Gasteiger partial charge is 0.300 e. The standard InChI is InChI=1S/C27H23ClN2O3/c1-16-21(28)9-4-10-22(16)30-24(20-8-5-13-29-15-20)23(26(32)27(30)33)25(31)19-12-11-17-6-2-3-7-18(17)14-19/h4-5,8-15,24,31H,2-3,6-7H2,1H3/b25-23-. The Morgan fingerprint density at radius 1 is 1.06 bits per heavy atom. The number of halogens is 1. The minimum Gasteiger partial charge on any atom is -0.507 e. The van der Waals surface area contributed by atoms with Gasteiger partial charge in [0.05, 0.1) is 11.6 Å². The maximum atomic E-state index is 13.3. The van der Waals surface area contributed by atoms with Gasteiger partial charge in [0.15, 0.2) is 0 Å². The largest absolute Gasteiger partial charge is 0.507 e. The Morgan fingerprint density at radius 3 is 2.61 bits per heavy atom. The van der Waals surface area contributed by atoms with Crippen LogP contribution in [0.5, 0.6) is 0 Å². The molecule has 1 atom stereocenters. The monoisotopic (exact) mass is 458 g/mol. The highest BCUT2D eigenvalue weighted by Gasteiger charge is 2.47. The molecule has 6 heteroatoms. The molecule has 1 aromatic heterocycles. The molecule has 33 heavy (non-hydrogen) atoms. The summed E-state index contributed by atoms with van der Waals surface area (Å²) in [6, 6.07) is 13.8. The highest BCUT2D eigenvalue weighted by molar-refractivity contribution is 6.52. The molecule has 1 unspecified atom stereocenters. The molecule has 3 aromatic rings. The number of benzene rings is 2. The summed E-state index contributed by atoms with van der Waals surface area (Å²) < 4.78 is 0. The molecule has 2 heterocycles. The SMILES string of the molecule is Cc1c(Cl)cccc1N1C(=O)C(=O)/C(=C(\O)c2ccc3c(c2)CCCC3)C1c1cccnc1. The third-order valence-electron chi connectivity index (χ3n) is 6.57. The molecule has 5 nitrogen and oxygen atoms in total. The van der Waals surface area contributed by atoms with E-state index in [4.69, 9.17) is 11.6 Å². The minimum atomic E-state index is -0.813. The predicted octanol–water partition coefficient (Wildman–Crippen LogP) is 5.55. The molecule has 1 saturated heterocycles. The summed E-state index contributed by atoms with van der Waals surface area (Å²) in [4.78, 5) is 32.2. The Balaban J connectivity index is 1.71. The fourth-order valence-electron chi connectivity index (χ4n) is 4.83. The number of aromatic nitrogens is 1. The number of anilines is 1. The molecule has 0 radical (unpaired) electrons. The van der Waals surface area contributed by atoms with Crippen LogP contribution in [0.25, 0.3) is 5.76 Å². The van der Waals surface area contributed by atoms with Gasteiger partial charge >= 0.3 is 0 Å². The Morgan fingerprint density at radius 2 is 1.85 bits per heavy atom. The number of ketones is 1. The molecule has 1 amide bonds. The molecule has 1 N–H and O–H groups in total. The lowest BCUT2D eigenvalue weighted by atomic mass is 9.89. The van der Waals surface area contributed by atoms with E-state index >= 15 is 0 Å². The first kappa shape index (κ1) is 21.4. The van der Waals surface area contributed by atoms with Crippen LogP contribution in [0.3, 0.4) is 0 Å². The number of carbonyl (C=O) groups excluding carboxylic acids is 2. The van der Waals surface area contributed by atoms with Crippen molar-refractivity contribution in [3.63, 3.8) is 0 Å². The summed E-state index contributed by atoms with van der Waals surface area (Å²) in [5.74, 6) is -1.59. The second-order valence-corrected chi connectivity index (χ2v) is 8.94. The topological polar surface area (TPSA) is 70.5 Å². The van der Waals surface area contributed by atoms with E-state index in [2.05, 4.69) is 4.98 Å². The Kier molecular flexibility index (Phi) is 5.51. The lowest BCUT2D eigenvalue weighted by molar-refractivity contribution is -0.132. The predicted molar refractivity (Wildman–Crippen MR) is 128 cm³/mol. The molecule has 2 aromatic carbocycles. The molecule has 2 aliphatic rings. The number of carbonyl (C=O) groups is 2. The lowest BCUT2D eigenvalue weighted by Crippen LogP contribution is -2.30. The number of pyridine rings is 1. The molecule has 1 fully saturated rings. The van der Waals surface area contributed by atoms with E-state index in [1.54, 1.807) is 49.6 Å². The quantitative estimate of drug-likeness (QED) is 0.317. The second-order valence-electron chi connectivity index (χ2n) is 8.53. The number of rotatable bonds is 3. The summed E-state index contributed by atoms with van der Waals surface area (Å²) in [6.45, 7) is 1.81. The van der Waals surface area contributed by atoms with Crippen LogP contribution in [0.1, 0.15) is 46.7 Å². The maximum Gasteiger partial charge on any atom is 0.300 e. The minimum absolute atomic E-state index is 0.0585. The number of hydrogen-bond acceptors (Lipinski definition) is 4. The van der Waals surface area contributed by atoms with Gasteiger partial charge in [-0.05, 0) is 79.1 Å². The first-order chi connectivity index (χ1) is 16.0. The van der Waals surface area contributed by atoms with Gasteiger partial charge in [-0.15, -0.1) is 0 Å². The number of aliphatic hydroxyl groups excluding tert-OH is 1. The number of hydrogen-bond donors (Lipinski definition) is 1. The molecule has 1 aliphatic heterocycles. The Bertz CT molecular complexity index is 1300. The van der Waals surface area contributed by atoms with E-state index in [9.17, 15) is 14.7 Å². The van der Waals surface area contributed by atoms with E-state index < -0.39 is 17.7 Å². The van der Waals surface area contributed by atoms with Gasteiger partial charge in [0, 0.05) is 28.7 Å². The van der Waals surface area contributed by atoms with Gasteiger partial charge in [-0.25, -0.2) is 0 Å². The van der Waals surface area contributed by atoms with Gasteiger partial charge in [-0.1, -0.05) is 35.9 Å². The van der Waals surface area contributed by atoms with Gasteiger partial charge in [-0.2, -0.15) is 0 Å². The highest BCUT2D eigenvalue weighted by Crippen LogP contribution is 2.44. The van der Waals surface area contributed by atoms with E-state index in [1.807, 2.05) is 18.2 Å². The van der Waals surface area contributed by atoms with Crippen molar-refractivity contribution in [1.29, 1.82) is 0 Å². The van der Waals surface area contributed by atoms with Gasteiger partial charge < -0.3 is 5.11 Å². The zero-order chi connectivity index (χ0) is 23.1. The number of aliphatic hydroxyl groups is 1. The summed E-state index contributed by atoms with van der Waals surface area (Å²) >= 11 is 6.34. The third-order valence-corrected chi connectivity index (χ3v) is 6.97. The summed E-state index contributed by atoms with van der Waals surface area (Å²) in [5, 5.41) is 11.9. The van der Waals surface area contributed by atoms with Crippen LogP contribution in [0.15, 0.2) is 66.5 Å².